The molecule has 1 amide bonds. The molecule has 25 heavy (non-hydrogen) atoms. The van der Waals surface area contributed by atoms with E-state index in [0.29, 0.717) is 11.3 Å². The lowest BCUT2D eigenvalue weighted by atomic mass is 10.0. The van der Waals surface area contributed by atoms with Crippen LogP contribution in [0.1, 0.15) is 6.92 Å². The van der Waals surface area contributed by atoms with Crippen molar-refractivity contribution < 1.29 is 23.1 Å². The van der Waals surface area contributed by atoms with Crippen LogP contribution in [0.3, 0.4) is 0 Å². The van der Waals surface area contributed by atoms with Crippen molar-refractivity contribution in [1.82, 2.24) is 19.6 Å². The van der Waals surface area contributed by atoms with E-state index in [1.807, 2.05) is 4.98 Å². The number of aromatic amines is 2. The number of carbonyl (C=O) groups excluding carboxylic acids is 1. The third kappa shape index (κ3) is 2.79. The van der Waals surface area contributed by atoms with Gasteiger partial charge in [0, 0.05) is 11.9 Å². The number of hydrogen-bond acceptors (Lipinski definition) is 7. The Morgan fingerprint density at radius 1 is 1.40 bits per heavy atom. The highest BCUT2D eigenvalue weighted by atomic mass is 32.2. The predicted octanol–water partition coefficient (Wildman–Crippen LogP) is -2.02. The van der Waals surface area contributed by atoms with Gasteiger partial charge in [0.15, 0.2) is 4.90 Å². The Kier molecular flexibility index (Phi) is 4.09. The first-order valence-electron chi connectivity index (χ1n) is 6.85. The zero-order valence-electron chi connectivity index (χ0n) is 12.6. The Balaban J connectivity index is 1.88. The van der Waals surface area contributed by atoms with Crippen LogP contribution in [0.4, 0.5) is 0 Å². The molecular weight excluding hydrogens is 376 g/mol. The molecule has 2 atom stereocenters. The molecule has 0 saturated carbocycles. The molecule has 0 radical (unpaired) electrons. The fourth-order valence-electron chi connectivity index (χ4n) is 2.58. The summed E-state index contributed by atoms with van der Waals surface area (Å²) in [5.74, 6) is -1.67. The van der Waals surface area contributed by atoms with Crippen molar-refractivity contribution in [3.8, 4) is 0 Å². The molecule has 1 aromatic heterocycles. The fourth-order valence-corrected chi connectivity index (χ4v) is 5.16. The van der Waals surface area contributed by atoms with Gasteiger partial charge < -0.3 is 10.1 Å². The maximum absolute atomic E-state index is 12.3. The van der Waals surface area contributed by atoms with Crippen molar-refractivity contribution in [2.45, 2.75) is 23.2 Å². The number of rotatable bonds is 4. The van der Waals surface area contributed by atoms with Gasteiger partial charge in [-0.3, -0.25) is 19.5 Å². The lowest BCUT2D eigenvalue weighted by Crippen LogP contribution is -2.70. The molecule has 0 bridgehead atoms. The van der Waals surface area contributed by atoms with Crippen molar-refractivity contribution in [2.75, 3.05) is 5.75 Å². The smallest absolute Gasteiger partial charge is 0.352 e. The average Bonchev–Trinajstić information content (AvgIpc) is 2.51. The monoisotopic (exact) mass is 388 g/mol. The maximum atomic E-state index is 12.3. The summed E-state index contributed by atoms with van der Waals surface area (Å²) in [5, 5.41) is 8.51. The van der Waals surface area contributed by atoms with Gasteiger partial charge in [0.2, 0.25) is 15.9 Å². The van der Waals surface area contributed by atoms with Crippen LogP contribution in [0.2, 0.25) is 0 Å². The molecule has 0 aromatic carbocycles. The largest absolute Gasteiger partial charge is 0.477 e. The van der Waals surface area contributed by atoms with Crippen LogP contribution in [0, 0.1) is 0 Å². The predicted molar refractivity (Wildman–Crippen MR) is 85.2 cm³/mol. The molecule has 2 aliphatic rings. The Labute approximate surface area is 144 Å². The van der Waals surface area contributed by atoms with Crippen molar-refractivity contribution in [1.29, 1.82) is 0 Å². The average molecular weight is 388 g/mol. The summed E-state index contributed by atoms with van der Waals surface area (Å²) in [4.78, 5) is 50.3. The number of aromatic nitrogens is 2. The number of carbonyl (C=O) groups is 2. The van der Waals surface area contributed by atoms with Crippen molar-refractivity contribution in [3.63, 3.8) is 0 Å². The first-order chi connectivity index (χ1) is 11.6. The second kappa shape index (κ2) is 5.86. The van der Waals surface area contributed by atoms with Crippen LogP contribution in [0.5, 0.6) is 0 Å². The first-order valence-corrected chi connectivity index (χ1v) is 9.38. The number of amides is 1. The Bertz CT molecular complexity index is 1020. The number of thioether (sulfide) groups is 1. The highest BCUT2D eigenvalue weighted by molar-refractivity contribution is 8.00. The molecule has 0 spiro atoms. The molecule has 0 unspecified atom stereocenters. The zero-order chi connectivity index (χ0) is 18.5. The van der Waals surface area contributed by atoms with E-state index in [4.69, 9.17) is 0 Å². The van der Waals surface area contributed by atoms with E-state index >= 15 is 0 Å². The van der Waals surface area contributed by atoms with Crippen LogP contribution in [0.15, 0.2) is 32.0 Å². The quantitative estimate of drug-likeness (QED) is 0.429. The molecule has 11 nitrogen and oxygen atoms in total. The van der Waals surface area contributed by atoms with Crippen molar-refractivity contribution in [2.24, 2.45) is 0 Å². The Hall–Kier alpha value is -2.38. The first kappa shape index (κ1) is 17.4. The minimum atomic E-state index is -4.39. The van der Waals surface area contributed by atoms with Crippen LogP contribution in [-0.2, 0) is 19.6 Å². The molecule has 1 aromatic rings. The number of nitrogens with zero attached hydrogens (tertiary/aromatic N) is 1. The standard InChI is InChI=1S/C12H12N4O7S2/c1-4-3-24-10-6(9(18)16(10)7(4)11(19)20)15-25(22,23)5-2-13-12(21)14-8(5)17/h2,6,10,15H,3H2,1H3,(H,19,20)(H2,13,14,17,21)/t6-,10-/m1/s1. The molecule has 3 rings (SSSR count). The molecule has 3 heterocycles. The van der Waals surface area contributed by atoms with E-state index in [9.17, 15) is 32.7 Å². The second-order valence-corrected chi connectivity index (χ2v) is 8.17. The summed E-state index contributed by atoms with van der Waals surface area (Å²) in [6.07, 6.45) is 0.727. The summed E-state index contributed by atoms with van der Waals surface area (Å²) in [7, 11) is -4.39. The van der Waals surface area contributed by atoms with Gasteiger partial charge in [-0.25, -0.2) is 18.0 Å². The number of fused-ring (bicyclic) bond motifs is 1. The molecule has 13 heteroatoms. The number of hydrogen-bond donors (Lipinski definition) is 4. The van der Waals surface area contributed by atoms with Gasteiger partial charge in [0.1, 0.15) is 17.1 Å². The van der Waals surface area contributed by atoms with Gasteiger partial charge in [0.05, 0.1) is 0 Å². The summed E-state index contributed by atoms with van der Waals surface area (Å²) in [5.41, 5.74) is -1.66. The van der Waals surface area contributed by atoms with Crippen molar-refractivity contribution in [3.05, 3.63) is 38.3 Å². The van der Waals surface area contributed by atoms with E-state index in [1.165, 1.54) is 11.8 Å². The Morgan fingerprint density at radius 3 is 2.68 bits per heavy atom. The van der Waals surface area contributed by atoms with Gasteiger partial charge in [-0.05, 0) is 12.5 Å². The minimum absolute atomic E-state index is 0.161. The van der Waals surface area contributed by atoms with Gasteiger partial charge in [-0.1, -0.05) is 0 Å². The number of H-pyrrole nitrogens is 2. The summed E-state index contributed by atoms with van der Waals surface area (Å²) < 4.78 is 26.7. The molecule has 1 saturated heterocycles. The van der Waals surface area contributed by atoms with E-state index in [2.05, 4.69) is 4.72 Å². The molecule has 1 fully saturated rings. The lowest BCUT2D eigenvalue weighted by Gasteiger charge is -2.49. The number of β-lactam (4-membered cyclic amide) rings is 1. The molecule has 134 valence electrons. The number of aliphatic carboxylic acids is 1. The third-order valence-corrected chi connectivity index (χ3v) is 6.59. The topological polar surface area (TPSA) is 169 Å². The second-order valence-electron chi connectivity index (χ2n) is 5.38. The SMILES string of the molecule is CC1=C(C(=O)O)N2C(=O)[C@@H](NS(=O)(=O)c3c[nH]c(=O)[nH]c3=O)[C@H]2SC1. The van der Waals surface area contributed by atoms with Crippen LogP contribution in [0.25, 0.3) is 0 Å². The number of carboxylic acid groups (broad SMARTS) is 1. The number of nitrogens with one attached hydrogen (secondary N) is 3. The highest BCUT2D eigenvalue weighted by Crippen LogP contribution is 2.40. The zero-order valence-corrected chi connectivity index (χ0v) is 14.2. The van der Waals surface area contributed by atoms with E-state index < -0.39 is 49.5 Å². The van der Waals surface area contributed by atoms with E-state index in [1.54, 1.807) is 11.9 Å². The Morgan fingerprint density at radius 2 is 2.08 bits per heavy atom. The van der Waals surface area contributed by atoms with Gasteiger partial charge in [-0.2, -0.15) is 4.72 Å². The van der Waals surface area contributed by atoms with Gasteiger partial charge in [-0.15, -0.1) is 11.8 Å². The van der Waals surface area contributed by atoms with Gasteiger partial charge in [0.25, 0.3) is 5.56 Å². The van der Waals surface area contributed by atoms with Crippen LogP contribution < -0.4 is 16.0 Å². The van der Waals surface area contributed by atoms with Crippen LogP contribution in [-0.4, -0.2) is 57.4 Å². The van der Waals surface area contributed by atoms with Crippen molar-refractivity contribution >= 4 is 33.7 Å². The summed E-state index contributed by atoms with van der Waals surface area (Å²) >= 11 is 1.21. The van der Waals surface area contributed by atoms with E-state index in [-0.39, 0.29) is 5.70 Å². The third-order valence-electron chi connectivity index (χ3n) is 3.72. The minimum Gasteiger partial charge on any atom is -0.477 e. The molecule has 4 N–H and O–H groups in total. The summed E-state index contributed by atoms with van der Waals surface area (Å²) in [6, 6.07) is -1.20. The number of carboxylic acids is 1. The molecular formula is C12H12N4O7S2. The lowest BCUT2D eigenvalue weighted by molar-refractivity contribution is -0.148. The number of sulfonamides is 1. The normalized spacial score (nSPS) is 23.2. The van der Waals surface area contributed by atoms with Gasteiger partial charge >= 0.3 is 11.7 Å². The molecule has 0 aliphatic carbocycles. The van der Waals surface area contributed by atoms with E-state index in [0.717, 1.165) is 11.1 Å². The summed E-state index contributed by atoms with van der Waals surface area (Å²) in [6.45, 7) is 1.58. The van der Waals surface area contributed by atoms with Crippen LogP contribution >= 0.6 is 11.8 Å². The fraction of sp³-hybridized carbons (Fsp3) is 0.333. The maximum Gasteiger partial charge on any atom is 0.352 e. The molecule has 2 aliphatic heterocycles. The highest BCUT2D eigenvalue weighted by Gasteiger charge is 2.54.